The maximum absolute atomic E-state index is 10.8. The van der Waals surface area contributed by atoms with Gasteiger partial charge in [0, 0.05) is 25.6 Å². The number of hydrogen-bond acceptors (Lipinski definition) is 3. The molecule has 2 rings (SSSR count). The molecule has 0 saturated carbocycles. The molecule has 170 valence electrons. The lowest BCUT2D eigenvalue weighted by atomic mass is 9.76. The number of amides is 1. The Hall–Kier alpha value is -2.29. The fourth-order valence-corrected chi connectivity index (χ4v) is 3.51. The summed E-state index contributed by atoms with van der Waals surface area (Å²) in [6.07, 6.45) is 2.96. The molecule has 0 aliphatic carbocycles. The summed E-state index contributed by atoms with van der Waals surface area (Å²) < 4.78 is 5.28. The number of carbonyl (C=O) groups is 1. The van der Waals surface area contributed by atoms with E-state index in [0.717, 1.165) is 38.3 Å². The summed E-state index contributed by atoms with van der Waals surface area (Å²) in [6.45, 7) is 5.96. The lowest BCUT2D eigenvalue weighted by Crippen LogP contribution is -2.45. The van der Waals surface area contributed by atoms with Gasteiger partial charge in [0.25, 0.3) is 5.91 Å². The molecule has 0 fully saturated rings. The molecule has 0 radical (unpaired) electrons. The van der Waals surface area contributed by atoms with Crippen LogP contribution in [0.25, 0.3) is 0 Å². The second-order valence-electron chi connectivity index (χ2n) is 7.35. The number of hydrogen-bond donors (Lipinski definition) is 3. The van der Waals surface area contributed by atoms with E-state index in [9.17, 15) is 4.79 Å². The third kappa shape index (κ3) is 8.40. The number of benzene rings is 2. The Balaban J connectivity index is 0.00000480. The summed E-state index contributed by atoms with van der Waals surface area (Å²) in [5, 5.41) is 6.90. The van der Waals surface area contributed by atoms with Crippen molar-refractivity contribution in [2.75, 3.05) is 26.7 Å². The molecule has 0 atom stereocenters. The molecule has 0 bridgehead atoms. The quantitative estimate of drug-likeness (QED) is 0.232. The number of rotatable bonds is 11. The van der Waals surface area contributed by atoms with E-state index in [0.29, 0.717) is 5.75 Å². The summed E-state index contributed by atoms with van der Waals surface area (Å²) in [5.74, 6) is 0.961. The molecular weight excluding hydrogens is 503 g/mol. The average Bonchev–Trinajstić information content (AvgIpc) is 2.79. The zero-order valence-electron chi connectivity index (χ0n) is 18.7. The largest absolute Gasteiger partial charge is 0.484 e. The summed E-state index contributed by atoms with van der Waals surface area (Å²) in [5.41, 5.74) is 7.70. The van der Waals surface area contributed by atoms with Gasteiger partial charge in [0.15, 0.2) is 12.6 Å². The Kier molecular flexibility index (Phi) is 12.0. The topological polar surface area (TPSA) is 88.7 Å². The number of primary amides is 1. The van der Waals surface area contributed by atoms with Crippen molar-refractivity contribution in [3.8, 4) is 5.75 Å². The molecule has 1 amide bonds. The van der Waals surface area contributed by atoms with Crippen molar-refractivity contribution >= 4 is 35.8 Å². The number of halogens is 1. The highest BCUT2D eigenvalue weighted by Gasteiger charge is 2.28. The van der Waals surface area contributed by atoms with E-state index in [-0.39, 0.29) is 36.0 Å². The van der Waals surface area contributed by atoms with E-state index in [1.807, 2.05) is 24.3 Å². The maximum Gasteiger partial charge on any atom is 0.255 e. The van der Waals surface area contributed by atoms with E-state index in [1.165, 1.54) is 11.1 Å². The first kappa shape index (κ1) is 26.7. The summed E-state index contributed by atoms with van der Waals surface area (Å²) in [6, 6.07) is 18.4. The second kappa shape index (κ2) is 13.9. The number of guanidine groups is 1. The van der Waals surface area contributed by atoms with Gasteiger partial charge >= 0.3 is 0 Å². The van der Waals surface area contributed by atoms with Crippen LogP contribution in [0.3, 0.4) is 0 Å². The molecule has 6 nitrogen and oxygen atoms in total. The summed E-state index contributed by atoms with van der Waals surface area (Å²) in [4.78, 5) is 15.1. The van der Waals surface area contributed by atoms with Gasteiger partial charge < -0.3 is 21.1 Å². The average molecular weight is 538 g/mol. The minimum absolute atomic E-state index is 0. The van der Waals surface area contributed by atoms with Crippen molar-refractivity contribution in [3.05, 3.63) is 65.7 Å². The van der Waals surface area contributed by atoms with E-state index in [2.05, 4.69) is 59.8 Å². The molecule has 0 aliphatic rings. The monoisotopic (exact) mass is 538 g/mol. The highest BCUT2D eigenvalue weighted by Crippen LogP contribution is 2.30. The maximum atomic E-state index is 10.8. The number of carbonyl (C=O) groups excluding carboxylic acids is 1. The summed E-state index contributed by atoms with van der Waals surface area (Å²) >= 11 is 0. The molecule has 2 aromatic carbocycles. The smallest absolute Gasteiger partial charge is 0.255 e. The molecule has 2 aromatic rings. The van der Waals surface area contributed by atoms with Gasteiger partial charge in [0.05, 0.1) is 0 Å². The van der Waals surface area contributed by atoms with Crippen LogP contribution in [0, 0.1) is 0 Å². The molecule has 0 aromatic heterocycles. The number of aliphatic imine (C=N–C) groups is 1. The van der Waals surface area contributed by atoms with E-state index < -0.39 is 5.91 Å². The molecule has 0 heterocycles. The number of nitrogens with one attached hydrogen (secondary N) is 2. The second-order valence-corrected chi connectivity index (χ2v) is 7.35. The van der Waals surface area contributed by atoms with E-state index >= 15 is 0 Å². The van der Waals surface area contributed by atoms with Crippen LogP contribution in [0.2, 0.25) is 0 Å². The van der Waals surface area contributed by atoms with Crippen LogP contribution in [0.4, 0.5) is 0 Å². The Bertz CT molecular complexity index is 806. The lowest BCUT2D eigenvalue weighted by Gasteiger charge is -2.33. The molecule has 0 saturated heterocycles. The molecule has 31 heavy (non-hydrogen) atoms. The SMILES string of the molecule is CCC(CC)(CNC(=NC)NCCc1ccc(OCC(N)=O)cc1)c1ccccc1.I. The predicted octanol–water partition coefficient (Wildman–Crippen LogP) is 3.63. The van der Waals surface area contributed by atoms with Gasteiger partial charge in [0.1, 0.15) is 5.75 Å². The van der Waals surface area contributed by atoms with Crippen molar-refractivity contribution in [2.45, 2.75) is 38.5 Å². The Morgan fingerprint density at radius 3 is 2.23 bits per heavy atom. The van der Waals surface area contributed by atoms with Crippen LogP contribution >= 0.6 is 24.0 Å². The molecule has 7 heteroatoms. The number of ether oxygens (including phenoxy) is 1. The van der Waals surface area contributed by atoms with Crippen LogP contribution in [-0.2, 0) is 16.6 Å². The molecule has 4 N–H and O–H groups in total. The van der Waals surface area contributed by atoms with Gasteiger partial charge in [0.2, 0.25) is 0 Å². The Morgan fingerprint density at radius 1 is 1.03 bits per heavy atom. The fraction of sp³-hybridized carbons (Fsp3) is 0.417. The predicted molar refractivity (Wildman–Crippen MR) is 138 cm³/mol. The minimum Gasteiger partial charge on any atom is -0.484 e. The standard InChI is InChI=1S/C24H34N4O2.HI/c1-4-24(5-2,20-9-7-6-8-10-20)18-28-23(26-3)27-16-15-19-11-13-21(14-12-19)30-17-22(25)29;/h6-14H,4-5,15-18H2,1-3H3,(H2,25,29)(H2,26,27,28);1H. The van der Waals surface area contributed by atoms with Crippen molar-refractivity contribution in [1.82, 2.24) is 10.6 Å². The highest BCUT2D eigenvalue weighted by atomic mass is 127. The van der Waals surface area contributed by atoms with Crippen molar-refractivity contribution < 1.29 is 9.53 Å². The first-order valence-corrected chi connectivity index (χ1v) is 10.5. The number of nitrogens with zero attached hydrogens (tertiary/aromatic N) is 1. The van der Waals surface area contributed by atoms with Gasteiger partial charge in [-0.05, 0) is 42.5 Å². The van der Waals surface area contributed by atoms with Crippen LogP contribution in [0.5, 0.6) is 5.75 Å². The molecule has 0 spiro atoms. The summed E-state index contributed by atoms with van der Waals surface area (Å²) in [7, 11) is 1.79. The van der Waals surface area contributed by atoms with Crippen molar-refractivity contribution in [1.29, 1.82) is 0 Å². The van der Waals surface area contributed by atoms with Gasteiger partial charge in [-0.15, -0.1) is 24.0 Å². The third-order valence-corrected chi connectivity index (χ3v) is 5.57. The van der Waals surface area contributed by atoms with Crippen molar-refractivity contribution in [3.63, 3.8) is 0 Å². The highest BCUT2D eigenvalue weighted by molar-refractivity contribution is 14.0. The fourth-order valence-electron chi connectivity index (χ4n) is 3.51. The van der Waals surface area contributed by atoms with Crippen LogP contribution in [-0.4, -0.2) is 38.6 Å². The zero-order chi connectivity index (χ0) is 21.8. The zero-order valence-corrected chi connectivity index (χ0v) is 21.0. The molecular formula is C24H35IN4O2. The van der Waals surface area contributed by atoms with Gasteiger partial charge in [-0.1, -0.05) is 56.3 Å². The number of nitrogens with two attached hydrogens (primary N) is 1. The van der Waals surface area contributed by atoms with Crippen LogP contribution in [0.1, 0.15) is 37.8 Å². The first-order valence-electron chi connectivity index (χ1n) is 10.5. The van der Waals surface area contributed by atoms with E-state index in [1.54, 1.807) is 7.05 Å². The Labute approximate surface area is 203 Å². The van der Waals surface area contributed by atoms with Gasteiger partial charge in [-0.3, -0.25) is 9.79 Å². The molecule has 0 unspecified atom stereocenters. The van der Waals surface area contributed by atoms with Crippen LogP contribution in [0.15, 0.2) is 59.6 Å². The van der Waals surface area contributed by atoms with Gasteiger partial charge in [-0.25, -0.2) is 0 Å². The van der Waals surface area contributed by atoms with Gasteiger partial charge in [-0.2, -0.15) is 0 Å². The van der Waals surface area contributed by atoms with Crippen LogP contribution < -0.4 is 21.1 Å². The first-order chi connectivity index (χ1) is 14.5. The normalized spacial score (nSPS) is 11.4. The van der Waals surface area contributed by atoms with E-state index in [4.69, 9.17) is 10.5 Å². The Morgan fingerprint density at radius 2 is 1.68 bits per heavy atom. The minimum atomic E-state index is -0.482. The lowest BCUT2D eigenvalue weighted by molar-refractivity contribution is -0.119. The molecule has 0 aliphatic heterocycles. The third-order valence-electron chi connectivity index (χ3n) is 5.57. The van der Waals surface area contributed by atoms with Crippen molar-refractivity contribution in [2.24, 2.45) is 10.7 Å².